The van der Waals surface area contributed by atoms with Gasteiger partial charge in [0.25, 0.3) is 5.91 Å². The molecule has 0 aliphatic carbocycles. The third-order valence-corrected chi connectivity index (χ3v) is 5.77. The lowest BCUT2D eigenvalue weighted by molar-refractivity contribution is -0.141. The van der Waals surface area contributed by atoms with E-state index in [1.807, 2.05) is 30.3 Å². The van der Waals surface area contributed by atoms with Crippen LogP contribution >= 0.6 is 15.9 Å². The molecule has 0 spiro atoms. The Morgan fingerprint density at radius 2 is 1.93 bits per heavy atom. The normalized spacial score (nSPS) is 13.7. The first-order chi connectivity index (χ1) is 14.4. The molecule has 1 heterocycles. The summed E-state index contributed by atoms with van der Waals surface area (Å²) in [5.41, 5.74) is 8.87. The van der Waals surface area contributed by atoms with E-state index in [1.54, 1.807) is 12.1 Å². The van der Waals surface area contributed by atoms with Gasteiger partial charge in [-0.05, 0) is 41.3 Å². The van der Waals surface area contributed by atoms with Gasteiger partial charge >= 0.3 is 5.97 Å². The van der Waals surface area contributed by atoms with E-state index in [4.69, 9.17) is 10.5 Å². The molecule has 7 nitrogen and oxygen atoms in total. The number of ether oxygens (including phenoxy) is 2. The minimum absolute atomic E-state index is 0.00456. The third-order valence-electron chi connectivity index (χ3n) is 5.12. The lowest BCUT2D eigenvalue weighted by atomic mass is 10.0. The summed E-state index contributed by atoms with van der Waals surface area (Å²) in [6.07, 6.45) is 0.123. The monoisotopic (exact) mass is 474 g/mol. The summed E-state index contributed by atoms with van der Waals surface area (Å²) < 4.78 is 10.5. The van der Waals surface area contributed by atoms with Crippen LogP contribution in [0.3, 0.4) is 0 Å². The maximum absolute atomic E-state index is 12.9. The van der Waals surface area contributed by atoms with Crippen LogP contribution in [0, 0.1) is 0 Å². The summed E-state index contributed by atoms with van der Waals surface area (Å²) in [7, 11) is 1.28. The number of hydrogen-bond donors (Lipinski definition) is 1. The number of carbonyl (C=O) groups is 3. The maximum atomic E-state index is 12.9. The second-order valence-electron chi connectivity index (χ2n) is 6.98. The smallest absolute Gasteiger partial charge is 0.305 e. The fourth-order valence-corrected chi connectivity index (χ4v) is 3.82. The number of nitrogens with zero attached hydrogens (tertiary/aromatic N) is 1. The molecule has 0 saturated heterocycles. The molecule has 0 fully saturated rings. The number of alkyl halides is 1. The highest BCUT2D eigenvalue weighted by Crippen LogP contribution is 2.29. The van der Waals surface area contributed by atoms with Crippen molar-refractivity contribution < 1.29 is 23.9 Å². The number of halogens is 1. The van der Waals surface area contributed by atoms with Gasteiger partial charge in [0.15, 0.2) is 0 Å². The first kappa shape index (κ1) is 21.8. The molecule has 2 aromatic rings. The Bertz CT molecular complexity index is 945. The van der Waals surface area contributed by atoms with Gasteiger partial charge in [-0.25, -0.2) is 0 Å². The molecule has 2 N–H and O–H groups in total. The third kappa shape index (κ3) is 4.81. The SMILES string of the molecule is COC(=O)CCC(C(N)=O)N1Cc2c(COc3ccc(CBr)cc3)cccc2C1=O. The molecule has 2 amide bonds. The second kappa shape index (κ2) is 9.75. The topological polar surface area (TPSA) is 98.9 Å². The van der Waals surface area contributed by atoms with E-state index in [0.717, 1.165) is 27.8 Å². The van der Waals surface area contributed by atoms with Crippen LogP contribution in [0.4, 0.5) is 0 Å². The molecule has 0 aromatic heterocycles. The van der Waals surface area contributed by atoms with Crippen LogP contribution < -0.4 is 10.5 Å². The predicted molar refractivity (Wildman–Crippen MR) is 114 cm³/mol. The number of benzene rings is 2. The first-order valence-corrected chi connectivity index (χ1v) is 10.6. The van der Waals surface area contributed by atoms with Crippen molar-refractivity contribution in [3.8, 4) is 5.75 Å². The standard InChI is InChI=1S/C22H23BrN2O5/c1-29-20(26)10-9-19(21(24)27)25-12-18-15(3-2-4-17(18)22(25)28)13-30-16-7-5-14(11-23)6-8-16/h2-8,19H,9-13H2,1H3,(H2,24,27). The highest BCUT2D eigenvalue weighted by atomic mass is 79.9. The molecule has 1 aliphatic heterocycles. The zero-order valence-corrected chi connectivity index (χ0v) is 18.2. The van der Waals surface area contributed by atoms with Gasteiger partial charge in [0.05, 0.1) is 7.11 Å². The largest absolute Gasteiger partial charge is 0.489 e. The molecule has 2 aromatic carbocycles. The highest BCUT2D eigenvalue weighted by molar-refractivity contribution is 9.08. The van der Waals surface area contributed by atoms with Crippen LogP contribution in [-0.4, -0.2) is 35.8 Å². The number of fused-ring (bicyclic) bond motifs is 1. The Kier molecular flexibility index (Phi) is 7.10. The molecule has 8 heteroatoms. The highest BCUT2D eigenvalue weighted by Gasteiger charge is 2.36. The lowest BCUT2D eigenvalue weighted by Crippen LogP contribution is -2.45. The average Bonchev–Trinajstić information content (AvgIpc) is 3.09. The van der Waals surface area contributed by atoms with E-state index in [2.05, 4.69) is 20.7 Å². The number of nitrogens with two attached hydrogens (primary N) is 1. The molecule has 30 heavy (non-hydrogen) atoms. The number of methoxy groups -OCH3 is 1. The van der Waals surface area contributed by atoms with Crippen molar-refractivity contribution >= 4 is 33.7 Å². The van der Waals surface area contributed by atoms with Gasteiger partial charge in [-0.2, -0.15) is 0 Å². The Morgan fingerprint density at radius 3 is 2.57 bits per heavy atom. The summed E-state index contributed by atoms with van der Waals surface area (Å²) in [6.45, 7) is 0.534. The zero-order chi connectivity index (χ0) is 21.7. The number of rotatable bonds is 9. The quantitative estimate of drug-likeness (QED) is 0.444. The lowest BCUT2D eigenvalue weighted by Gasteiger charge is -2.24. The molecule has 0 radical (unpaired) electrons. The fraction of sp³-hybridized carbons (Fsp3) is 0.318. The van der Waals surface area contributed by atoms with Crippen molar-refractivity contribution in [1.82, 2.24) is 4.90 Å². The van der Waals surface area contributed by atoms with Crippen LogP contribution in [0.5, 0.6) is 5.75 Å². The van der Waals surface area contributed by atoms with E-state index in [1.165, 1.54) is 12.0 Å². The molecule has 1 unspecified atom stereocenters. The molecule has 158 valence electrons. The van der Waals surface area contributed by atoms with E-state index < -0.39 is 17.9 Å². The Labute approximate surface area is 183 Å². The molecular weight excluding hydrogens is 452 g/mol. The van der Waals surface area contributed by atoms with E-state index in [-0.39, 0.29) is 25.3 Å². The van der Waals surface area contributed by atoms with Crippen LogP contribution in [0.15, 0.2) is 42.5 Å². The Balaban J connectivity index is 1.75. The van der Waals surface area contributed by atoms with Crippen molar-refractivity contribution in [2.75, 3.05) is 7.11 Å². The Morgan fingerprint density at radius 1 is 1.20 bits per heavy atom. The predicted octanol–water partition coefficient (Wildman–Crippen LogP) is 2.92. The minimum Gasteiger partial charge on any atom is -0.489 e. The van der Waals surface area contributed by atoms with Gasteiger partial charge in [-0.15, -0.1) is 0 Å². The molecule has 0 bridgehead atoms. The van der Waals surface area contributed by atoms with E-state index in [0.29, 0.717) is 12.2 Å². The number of esters is 1. The Hall–Kier alpha value is -2.87. The second-order valence-corrected chi connectivity index (χ2v) is 7.54. The number of amides is 2. The molecule has 1 aliphatic rings. The van der Waals surface area contributed by atoms with E-state index in [9.17, 15) is 14.4 Å². The van der Waals surface area contributed by atoms with Crippen LogP contribution in [0.1, 0.15) is 39.9 Å². The van der Waals surface area contributed by atoms with Crippen LogP contribution in [-0.2, 0) is 32.8 Å². The van der Waals surface area contributed by atoms with Crippen molar-refractivity contribution in [2.45, 2.75) is 37.4 Å². The van der Waals surface area contributed by atoms with Crippen molar-refractivity contribution in [1.29, 1.82) is 0 Å². The van der Waals surface area contributed by atoms with Gasteiger partial charge in [0.2, 0.25) is 5.91 Å². The van der Waals surface area contributed by atoms with Gasteiger partial charge in [-0.3, -0.25) is 14.4 Å². The maximum Gasteiger partial charge on any atom is 0.305 e. The van der Waals surface area contributed by atoms with Gasteiger partial charge in [0, 0.05) is 23.9 Å². The van der Waals surface area contributed by atoms with Crippen molar-refractivity contribution in [3.05, 3.63) is 64.7 Å². The van der Waals surface area contributed by atoms with Gasteiger partial charge in [0.1, 0.15) is 18.4 Å². The number of hydrogen-bond acceptors (Lipinski definition) is 5. The van der Waals surface area contributed by atoms with Gasteiger partial charge in [-0.1, -0.05) is 40.2 Å². The van der Waals surface area contributed by atoms with Crippen LogP contribution in [0.25, 0.3) is 0 Å². The number of carbonyl (C=O) groups excluding carboxylic acids is 3. The summed E-state index contributed by atoms with van der Waals surface area (Å²) >= 11 is 3.41. The van der Waals surface area contributed by atoms with Crippen LogP contribution in [0.2, 0.25) is 0 Å². The van der Waals surface area contributed by atoms with Crippen molar-refractivity contribution in [3.63, 3.8) is 0 Å². The molecule has 3 rings (SSSR count). The number of primary amides is 1. The zero-order valence-electron chi connectivity index (χ0n) is 16.6. The minimum atomic E-state index is -0.880. The van der Waals surface area contributed by atoms with Gasteiger partial charge < -0.3 is 20.1 Å². The average molecular weight is 475 g/mol. The molecule has 1 atom stereocenters. The molecular formula is C22H23BrN2O5. The summed E-state index contributed by atoms with van der Waals surface area (Å²) in [6, 6.07) is 12.3. The summed E-state index contributed by atoms with van der Waals surface area (Å²) in [5, 5.41) is 0.772. The fourth-order valence-electron chi connectivity index (χ4n) is 3.45. The summed E-state index contributed by atoms with van der Waals surface area (Å²) in [4.78, 5) is 37.8. The van der Waals surface area contributed by atoms with E-state index >= 15 is 0 Å². The molecule has 0 saturated carbocycles. The summed E-state index contributed by atoms with van der Waals surface area (Å²) in [5.74, 6) is -0.649. The first-order valence-electron chi connectivity index (χ1n) is 9.50. The van der Waals surface area contributed by atoms with Crippen molar-refractivity contribution in [2.24, 2.45) is 5.73 Å².